The van der Waals surface area contributed by atoms with E-state index in [9.17, 15) is 19.7 Å². The van der Waals surface area contributed by atoms with Gasteiger partial charge in [0.25, 0.3) is 5.56 Å². The molecule has 138 valence electrons. The molecule has 3 heterocycles. The Morgan fingerprint density at radius 2 is 1.88 bits per heavy atom. The van der Waals surface area contributed by atoms with Crippen LogP contribution in [-0.4, -0.2) is 33.4 Å². The van der Waals surface area contributed by atoms with Crippen LogP contribution in [0.4, 0.5) is 5.69 Å². The molecular formula is C15H19N7O4. The zero-order valence-electron chi connectivity index (χ0n) is 15.0. The number of aromatic nitrogens is 6. The summed E-state index contributed by atoms with van der Waals surface area (Å²) in [5, 5.41) is 15.2. The van der Waals surface area contributed by atoms with Crippen LogP contribution in [-0.2, 0) is 27.2 Å². The van der Waals surface area contributed by atoms with Gasteiger partial charge >= 0.3 is 11.4 Å². The van der Waals surface area contributed by atoms with E-state index in [1.807, 2.05) is 0 Å². The van der Waals surface area contributed by atoms with Crippen molar-refractivity contribution in [1.29, 1.82) is 0 Å². The molecule has 3 aromatic rings. The molecule has 0 spiro atoms. The van der Waals surface area contributed by atoms with Crippen molar-refractivity contribution in [3.63, 3.8) is 0 Å². The SMILES string of the molecule is Cc1nn(CCCn2c(=O)c3c(ncn3C)n(C)c2=O)c(C)c1[N+](=O)[O-]. The molecular weight excluding hydrogens is 342 g/mol. The van der Waals surface area contributed by atoms with Crippen molar-refractivity contribution < 1.29 is 4.92 Å². The van der Waals surface area contributed by atoms with E-state index in [4.69, 9.17) is 0 Å². The first kappa shape index (κ1) is 17.6. The zero-order chi connectivity index (χ0) is 19.2. The first-order chi connectivity index (χ1) is 12.2. The molecule has 0 saturated heterocycles. The van der Waals surface area contributed by atoms with Gasteiger partial charge in [-0.2, -0.15) is 5.10 Å². The highest BCUT2D eigenvalue weighted by Crippen LogP contribution is 2.21. The first-order valence-electron chi connectivity index (χ1n) is 8.03. The highest BCUT2D eigenvalue weighted by atomic mass is 16.6. The molecule has 0 radical (unpaired) electrons. The lowest BCUT2D eigenvalue weighted by Gasteiger charge is -2.09. The van der Waals surface area contributed by atoms with E-state index in [-0.39, 0.29) is 12.2 Å². The van der Waals surface area contributed by atoms with Crippen LogP contribution >= 0.6 is 0 Å². The molecule has 0 aromatic carbocycles. The van der Waals surface area contributed by atoms with Gasteiger partial charge in [-0.15, -0.1) is 0 Å². The summed E-state index contributed by atoms with van der Waals surface area (Å²) < 4.78 is 5.61. The molecule has 0 aliphatic heterocycles. The molecule has 0 bridgehead atoms. The van der Waals surface area contributed by atoms with Crippen molar-refractivity contribution in [3.8, 4) is 0 Å². The summed E-state index contributed by atoms with van der Waals surface area (Å²) in [6.45, 7) is 3.75. The Labute approximate surface area is 147 Å². The monoisotopic (exact) mass is 361 g/mol. The van der Waals surface area contributed by atoms with Gasteiger partial charge in [-0.1, -0.05) is 0 Å². The highest BCUT2D eigenvalue weighted by Gasteiger charge is 2.21. The Balaban J connectivity index is 1.89. The van der Waals surface area contributed by atoms with Gasteiger partial charge in [-0.3, -0.25) is 28.7 Å². The summed E-state index contributed by atoms with van der Waals surface area (Å²) >= 11 is 0. The molecule has 11 nitrogen and oxygen atoms in total. The van der Waals surface area contributed by atoms with E-state index in [1.54, 1.807) is 32.5 Å². The van der Waals surface area contributed by atoms with Crippen LogP contribution in [0.25, 0.3) is 11.2 Å². The number of aryl methyl sites for hydroxylation is 4. The molecule has 0 saturated carbocycles. The van der Waals surface area contributed by atoms with E-state index in [0.717, 1.165) is 4.57 Å². The Morgan fingerprint density at radius 1 is 1.19 bits per heavy atom. The minimum atomic E-state index is -0.454. The molecule has 0 atom stereocenters. The third-order valence-electron chi connectivity index (χ3n) is 4.48. The molecule has 0 fully saturated rings. The zero-order valence-corrected chi connectivity index (χ0v) is 15.0. The molecule has 11 heteroatoms. The van der Waals surface area contributed by atoms with Crippen LogP contribution in [0, 0.1) is 24.0 Å². The van der Waals surface area contributed by atoms with Gasteiger partial charge in [0.2, 0.25) is 0 Å². The van der Waals surface area contributed by atoms with Gasteiger partial charge in [0.15, 0.2) is 11.2 Å². The Morgan fingerprint density at radius 3 is 2.50 bits per heavy atom. The maximum atomic E-state index is 12.6. The van der Waals surface area contributed by atoms with Crippen molar-refractivity contribution in [2.75, 3.05) is 0 Å². The fraction of sp³-hybridized carbons (Fsp3) is 0.467. The van der Waals surface area contributed by atoms with E-state index < -0.39 is 16.2 Å². The summed E-state index contributed by atoms with van der Waals surface area (Å²) in [6.07, 6.45) is 1.92. The van der Waals surface area contributed by atoms with Crippen LogP contribution in [0.2, 0.25) is 0 Å². The molecule has 0 N–H and O–H groups in total. The molecule has 3 aromatic heterocycles. The molecule has 0 aliphatic carbocycles. The van der Waals surface area contributed by atoms with Crippen LogP contribution in [0.3, 0.4) is 0 Å². The lowest BCUT2D eigenvalue weighted by molar-refractivity contribution is -0.386. The second-order valence-electron chi connectivity index (χ2n) is 6.18. The van der Waals surface area contributed by atoms with Gasteiger partial charge in [0.1, 0.15) is 11.4 Å². The van der Waals surface area contributed by atoms with Crippen molar-refractivity contribution >= 4 is 16.9 Å². The van der Waals surface area contributed by atoms with Crippen molar-refractivity contribution in [2.24, 2.45) is 14.1 Å². The predicted octanol–water partition coefficient (Wildman–Crippen LogP) is 0.246. The molecule has 26 heavy (non-hydrogen) atoms. The van der Waals surface area contributed by atoms with Crippen molar-refractivity contribution in [3.05, 3.63) is 48.7 Å². The Kier molecular flexibility index (Phi) is 4.22. The smallest absolute Gasteiger partial charge is 0.328 e. The maximum absolute atomic E-state index is 12.6. The van der Waals surface area contributed by atoms with E-state index in [1.165, 1.54) is 15.6 Å². The molecule has 0 aliphatic rings. The first-order valence-corrected chi connectivity index (χ1v) is 8.03. The van der Waals surface area contributed by atoms with Crippen LogP contribution in [0.1, 0.15) is 17.8 Å². The number of hydrogen-bond acceptors (Lipinski definition) is 6. The van der Waals surface area contributed by atoms with Crippen molar-refractivity contribution in [2.45, 2.75) is 33.4 Å². The number of nitro groups is 1. The summed E-state index contributed by atoms with van der Waals surface area (Å²) in [5.41, 5.74) is 0.644. The quantitative estimate of drug-likeness (QED) is 0.474. The summed E-state index contributed by atoms with van der Waals surface area (Å²) in [7, 11) is 3.26. The standard InChI is InChI=1S/C15H19N7O4/c1-9-11(22(25)26)10(2)21(17-9)7-5-6-20-14(23)12-13(16-8-18(12)3)19(4)15(20)24/h8H,5-7H2,1-4H3. The second kappa shape index (κ2) is 6.24. The van der Waals surface area contributed by atoms with Gasteiger partial charge in [0, 0.05) is 27.2 Å². The second-order valence-corrected chi connectivity index (χ2v) is 6.18. The average molecular weight is 361 g/mol. The third-order valence-corrected chi connectivity index (χ3v) is 4.48. The average Bonchev–Trinajstić information content (AvgIpc) is 3.09. The summed E-state index contributed by atoms with van der Waals surface area (Å²) in [6, 6.07) is 0. The predicted molar refractivity (Wildman–Crippen MR) is 93.2 cm³/mol. The van der Waals surface area contributed by atoms with Crippen LogP contribution in [0.15, 0.2) is 15.9 Å². The van der Waals surface area contributed by atoms with Crippen LogP contribution < -0.4 is 11.2 Å². The lowest BCUT2D eigenvalue weighted by Crippen LogP contribution is -2.39. The molecule has 0 unspecified atom stereocenters. The van der Waals surface area contributed by atoms with E-state index in [2.05, 4.69) is 10.1 Å². The fourth-order valence-corrected chi connectivity index (χ4v) is 3.14. The van der Waals surface area contributed by atoms with Gasteiger partial charge in [0.05, 0.1) is 11.3 Å². The maximum Gasteiger partial charge on any atom is 0.332 e. The van der Waals surface area contributed by atoms with Crippen molar-refractivity contribution in [1.82, 2.24) is 28.5 Å². The van der Waals surface area contributed by atoms with E-state index >= 15 is 0 Å². The van der Waals surface area contributed by atoms with Crippen LogP contribution in [0.5, 0.6) is 0 Å². The number of hydrogen-bond donors (Lipinski definition) is 0. The minimum Gasteiger partial charge on any atom is -0.328 e. The number of fused-ring (bicyclic) bond motifs is 1. The Hall–Kier alpha value is -3.24. The Bertz CT molecular complexity index is 1130. The highest BCUT2D eigenvalue weighted by molar-refractivity contribution is 5.69. The number of nitrogens with zero attached hydrogens (tertiary/aromatic N) is 7. The summed E-state index contributed by atoms with van der Waals surface area (Å²) in [4.78, 5) is 39.7. The third kappa shape index (κ3) is 2.61. The minimum absolute atomic E-state index is 0.00520. The normalized spacial score (nSPS) is 11.4. The lowest BCUT2D eigenvalue weighted by atomic mass is 10.3. The number of rotatable bonds is 5. The van der Waals surface area contributed by atoms with Gasteiger partial charge < -0.3 is 4.57 Å². The van der Waals surface area contributed by atoms with Gasteiger partial charge in [-0.25, -0.2) is 9.78 Å². The largest absolute Gasteiger partial charge is 0.332 e. The number of imidazole rings is 1. The van der Waals surface area contributed by atoms with Gasteiger partial charge in [-0.05, 0) is 20.3 Å². The van der Waals surface area contributed by atoms with E-state index in [0.29, 0.717) is 35.5 Å². The molecule has 3 rings (SSSR count). The fourth-order valence-electron chi connectivity index (χ4n) is 3.14. The summed E-state index contributed by atoms with van der Waals surface area (Å²) in [5.74, 6) is 0. The topological polar surface area (TPSA) is 123 Å². The molecule has 0 amide bonds.